The Morgan fingerprint density at radius 1 is 1.07 bits per heavy atom. The van der Waals surface area contributed by atoms with E-state index in [1.165, 1.54) is 18.3 Å². The molecular weight excluding hydrogens is 464 g/mol. The van der Waals surface area contributed by atoms with E-state index in [2.05, 4.69) is 20.9 Å². The zero-order valence-corrected chi connectivity index (χ0v) is 17.9. The second-order valence-corrected chi connectivity index (χ2v) is 9.86. The Labute approximate surface area is 176 Å². The number of likely N-dealkylation sites (tertiary alicyclic amines) is 1. The van der Waals surface area contributed by atoms with Crippen LogP contribution in [0.4, 0.5) is 0 Å². The van der Waals surface area contributed by atoms with E-state index in [0.717, 1.165) is 17.3 Å². The topological polar surface area (TPSA) is 67.3 Å². The minimum Gasteiger partial charge on any atom is -0.339 e. The highest BCUT2D eigenvalue weighted by molar-refractivity contribution is 9.10. The molecule has 3 aromatic rings. The SMILES string of the molecule is O=C(c1cnc2ccc(Cl)cc2c1S(=O)(=O)c1ccc(Br)cc1)N1CCCC1. The van der Waals surface area contributed by atoms with Crippen molar-refractivity contribution in [3.8, 4) is 0 Å². The number of halogens is 2. The molecule has 1 aliphatic heterocycles. The van der Waals surface area contributed by atoms with Crippen molar-refractivity contribution < 1.29 is 13.2 Å². The molecule has 0 radical (unpaired) electrons. The summed E-state index contributed by atoms with van der Waals surface area (Å²) in [6.45, 7) is 1.23. The van der Waals surface area contributed by atoms with Crippen LogP contribution in [-0.4, -0.2) is 37.3 Å². The van der Waals surface area contributed by atoms with Crippen LogP contribution >= 0.6 is 27.5 Å². The fraction of sp³-hybridized carbons (Fsp3) is 0.200. The number of benzene rings is 2. The Kier molecular flexibility index (Phi) is 5.16. The highest BCUT2D eigenvalue weighted by Gasteiger charge is 2.31. The van der Waals surface area contributed by atoms with E-state index in [1.807, 2.05) is 0 Å². The molecule has 144 valence electrons. The van der Waals surface area contributed by atoms with Crippen molar-refractivity contribution in [1.82, 2.24) is 9.88 Å². The van der Waals surface area contributed by atoms with E-state index in [-0.39, 0.29) is 21.3 Å². The van der Waals surface area contributed by atoms with E-state index >= 15 is 0 Å². The van der Waals surface area contributed by atoms with Gasteiger partial charge >= 0.3 is 0 Å². The van der Waals surface area contributed by atoms with Gasteiger partial charge in [-0.05, 0) is 55.3 Å². The van der Waals surface area contributed by atoms with Gasteiger partial charge < -0.3 is 4.90 Å². The first kappa shape index (κ1) is 19.4. The van der Waals surface area contributed by atoms with Crippen molar-refractivity contribution >= 4 is 54.2 Å². The lowest BCUT2D eigenvalue weighted by Gasteiger charge is -2.19. The third kappa shape index (κ3) is 3.43. The summed E-state index contributed by atoms with van der Waals surface area (Å²) in [5, 5.41) is 0.729. The first-order valence-electron chi connectivity index (χ1n) is 8.76. The molecule has 1 aliphatic rings. The van der Waals surface area contributed by atoms with Gasteiger partial charge in [0.15, 0.2) is 0 Å². The molecule has 4 rings (SSSR count). The van der Waals surface area contributed by atoms with Gasteiger partial charge in [-0.1, -0.05) is 27.5 Å². The molecule has 0 N–H and O–H groups in total. The van der Waals surface area contributed by atoms with Crippen molar-refractivity contribution in [3.05, 3.63) is 63.7 Å². The molecule has 0 atom stereocenters. The molecule has 0 unspecified atom stereocenters. The molecule has 0 spiro atoms. The lowest BCUT2D eigenvalue weighted by atomic mass is 10.1. The molecule has 1 aromatic heterocycles. The maximum Gasteiger partial charge on any atom is 0.256 e. The Bertz CT molecular complexity index is 1170. The molecule has 2 aromatic carbocycles. The van der Waals surface area contributed by atoms with Crippen LogP contribution in [0.5, 0.6) is 0 Å². The molecule has 5 nitrogen and oxygen atoms in total. The second-order valence-electron chi connectivity index (χ2n) is 6.62. The number of hydrogen-bond acceptors (Lipinski definition) is 4. The number of carbonyl (C=O) groups is 1. The van der Waals surface area contributed by atoms with Gasteiger partial charge in [0.05, 0.1) is 20.9 Å². The number of carbonyl (C=O) groups excluding carboxylic acids is 1. The highest BCUT2D eigenvalue weighted by atomic mass is 79.9. The van der Waals surface area contributed by atoms with E-state index in [4.69, 9.17) is 11.6 Å². The fourth-order valence-corrected chi connectivity index (χ4v) is 5.45. The summed E-state index contributed by atoms with van der Waals surface area (Å²) < 4.78 is 27.9. The third-order valence-electron chi connectivity index (χ3n) is 4.80. The van der Waals surface area contributed by atoms with Gasteiger partial charge in [0.2, 0.25) is 9.84 Å². The van der Waals surface area contributed by atoms with Crippen LogP contribution in [0.2, 0.25) is 5.02 Å². The maximum atomic E-state index is 13.6. The first-order valence-corrected chi connectivity index (χ1v) is 11.4. The van der Waals surface area contributed by atoms with E-state index < -0.39 is 9.84 Å². The zero-order valence-electron chi connectivity index (χ0n) is 14.7. The number of aromatic nitrogens is 1. The van der Waals surface area contributed by atoms with Crippen molar-refractivity contribution in [1.29, 1.82) is 0 Å². The molecule has 1 saturated heterocycles. The van der Waals surface area contributed by atoms with E-state index in [9.17, 15) is 13.2 Å². The average molecular weight is 480 g/mol. The van der Waals surface area contributed by atoms with Crippen molar-refractivity contribution in [2.24, 2.45) is 0 Å². The lowest BCUT2D eigenvalue weighted by molar-refractivity contribution is 0.0789. The molecule has 1 fully saturated rings. The average Bonchev–Trinajstić information content (AvgIpc) is 3.21. The number of amides is 1. The van der Waals surface area contributed by atoms with Crippen LogP contribution in [0, 0.1) is 0 Å². The van der Waals surface area contributed by atoms with Crippen molar-refractivity contribution in [3.63, 3.8) is 0 Å². The minimum atomic E-state index is -3.97. The zero-order chi connectivity index (χ0) is 19.9. The molecule has 0 aliphatic carbocycles. The van der Waals surface area contributed by atoms with Gasteiger partial charge in [-0.25, -0.2) is 8.42 Å². The maximum absolute atomic E-state index is 13.6. The van der Waals surface area contributed by atoms with Gasteiger partial charge in [-0.2, -0.15) is 0 Å². The number of hydrogen-bond donors (Lipinski definition) is 0. The predicted molar refractivity (Wildman–Crippen MR) is 111 cm³/mol. The molecular formula is C20H16BrClN2O3S. The van der Waals surface area contributed by atoms with Crippen LogP contribution in [0.1, 0.15) is 23.2 Å². The summed E-state index contributed by atoms with van der Waals surface area (Å²) in [6.07, 6.45) is 3.18. The second kappa shape index (κ2) is 7.46. The van der Waals surface area contributed by atoms with E-state index in [1.54, 1.807) is 35.2 Å². The summed E-state index contributed by atoms with van der Waals surface area (Å²) in [5.41, 5.74) is 0.553. The van der Waals surface area contributed by atoms with Crippen LogP contribution in [-0.2, 0) is 9.84 Å². The number of nitrogens with zero attached hydrogens (tertiary/aromatic N) is 2. The predicted octanol–water partition coefficient (Wildman–Crippen LogP) is 4.72. The minimum absolute atomic E-state index is 0.0424. The van der Waals surface area contributed by atoms with Gasteiger partial charge in [0.25, 0.3) is 5.91 Å². The van der Waals surface area contributed by atoms with Gasteiger partial charge in [0, 0.05) is 34.2 Å². The monoisotopic (exact) mass is 478 g/mol. The van der Waals surface area contributed by atoms with Crippen LogP contribution in [0.15, 0.2) is 62.9 Å². The quantitative estimate of drug-likeness (QED) is 0.545. The third-order valence-corrected chi connectivity index (χ3v) is 7.43. The smallest absolute Gasteiger partial charge is 0.256 e. The summed E-state index contributed by atoms with van der Waals surface area (Å²) >= 11 is 9.46. The molecule has 1 amide bonds. The van der Waals surface area contributed by atoms with Crippen molar-refractivity contribution in [2.75, 3.05) is 13.1 Å². The van der Waals surface area contributed by atoms with Crippen LogP contribution in [0.3, 0.4) is 0 Å². The van der Waals surface area contributed by atoms with Crippen LogP contribution < -0.4 is 0 Å². The number of rotatable bonds is 3. The standard InChI is InChI=1S/C20H16BrClN2O3S/c21-13-3-6-15(7-4-13)28(26,27)19-16-11-14(22)5-8-18(16)23-12-17(19)20(25)24-9-1-2-10-24/h3-8,11-12H,1-2,9-10H2. The molecule has 28 heavy (non-hydrogen) atoms. The Morgan fingerprint density at radius 3 is 2.43 bits per heavy atom. The molecule has 8 heteroatoms. The van der Waals surface area contributed by atoms with Crippen molar-refractivity contribution in [2.45, 2.75) is 22.6 Å². The largest absolute Gasteiger partial charge is 0.339 e. The molecule has 0 saturated carbocycles. The Balaban J connectivity index is 2.00. The van der Waals surface area contributed by atoms with Gasteiger partial charge in [-0.3, -0.25) is 9.78 Å². The highest BCUT2D eigenvalue weighted by Crippen LogP contribution is 2.33. The molecule has 0 bridgehead atoms. The Hall–Kier alpha value is -1.96. The molecule has 2 heterocycles. The van der Waals surface area contributed by atoms with Crippen LogP contribution in [0.25, 0.3) is 10.9 Å². The summed E-state index contributed by atoms with van der Waals surface area (Å²) in [5.74, 6) is -0.317. The number of fused-ring (bicyclic) bond motifs is 1. The van der Waals surface area contributed by atoms with Gasteiger partial charge in [-0.15, -0.1) is 0 Å². The number of sulfone groups is 1. The number of pyridine rings is 1. The fourth-order valence-electron chi connectivity index (χ4n) is 3.40. The normalized spacial score (nSPS) is 14.6. The summed E-state index contributed by atoms with van der Waals surface area (Å²) in [6, 6.07) is 11.2. The Morgan fingerprint density at radius 2 is 1.75 bits per heavy atom. The lowest BCUT2D eigenvalue weighted by Crippen LogP contribution is -2.29. The first-order chi connectivity index (χ1) is 13.4. The van der Waals surface area contributed by atoms with E-state index in [0.29, 0.717) is 29.0 Å². The summed E-state index contributed by atoms with van der Waals surface area (Å²) in [7, 11) is -3.97. The summed E-state index contributed by atoms with van der Waals surface area (Å²) in [4.78, 5) is 19.2. The van der Waals surface area contributed by atoms with Gasteiger partial charge in [0.1, 0.15) is 0 Å².